The Labute approximate surface area is 115 Å². The van der Waals surface area contributed by atoms with Crippen LogP contribution in [0.15, 0.2) is 18.2 Å². The fourth-order valence-corrected chi connectivity index (χ4v) is 2.76. The molecule has 3 atom stereocenters. The molecule has 0 amide bonds. The lowest BCUT2D eigenvalue weighted by molar-refractivity contribution is 0.314. The van der Waals surface area contributed by atoms with Gasteiger partial charge in [-0.1, -0.05) is 6.92 Å². The summed E-state index contributed by atoms with van der Waals surface area (Å²) in [4.78, 5) is 2.40. The molecule has 4 nitrogen and oxygen atoms in total. The first kappa shape index (κ1) is 14.0. The van der Waals surface area contributed by atoms with Crippen molar-refractivity contribution in [2.24, 2.45) is 11.7 Å². The van der Waals surface area contributed by atoms with Gasteiger partial charge < -0.3 is 20.1 Å². The monoisotopic (exact) mass is 264 g/mol. The highest BCUT2D eigenvalue weighted by Gasteiger charge is 2.30. The lowest BCUT2D eigenvalue weighted by Gasteiger charge is -2.43. The van der Waals surface area contributed by atoms with Crippen molar-refractivity contribution in [2.45, 2.75) is 32.4 Å². The van der Waals surface area contributed by atoms with E-state index in [2.05, 4.69) is 24.8 Å². The Morgan fingerprint density at radius 1 is 1.16 bits per heavy atom. The Hall–Kier alpha value is -1.42. The van der Waals surface area contributed by atoms with Gasteiger partial charge in [-0.05, 0) is 31.4 Å². The number of benzene rings is 1. The molecule has 0 aliphatic carbocycles. The van der Waals surface area contributed by atoms with Gasteiger partial charge in [0.2, 0.25) is 0 Å². The molecule has 1 heterocycles. The van der Waals surface area contributed by atoms with Gasteiger partial charge in [0.1, 0.15) is 0 Å². The van der Waals surface area contributed by atoms with Crippen molar-refractivity contribution in [3.8, 4) is 11.5 Å². The summed E-state index contributed by atoms with van der Waals surface area (Å²) in [6.07, 6.45) is 1.03. The molecular weight excluding hydrogens is 240 g/mol. The number of rotatable bonds is 3. The minimum absolute atomic E-state index is 0.298. The highest BCUT2D eigenvalue weighted by molar-refractivity contribution is 5.57. The second-order valence-electron chi connectivity index (χ2n) is 5.28. The zero-order valence-corrected chi connectivity index (χ0v) is 12.2. The normalized spacial score (nSPS) is 27.2. The van der Waals surface area contributed by atoms with Crippen LogP contribution in [0.25, 0.3) is 0 Å². The minimum Gasteiger partial charge on any atom is -0.493 e. The van der Waals surface area contributed by atoms with E-state index >= 15 is 0 Å². The van der Waals surface area contributed by atoms with Crippen LogP contribution >= 0.6 is 0 Å². The molecule has 1 fully saturated rings. The van der Waals surface area contributed by atoms with Crippen LogP contribution in [0.4, 0.5) is 5.69 Å². The predicted molar refractivity (Wildman–Crippen MR) is 78.1 cm³/mol. The summed E-state index contributed by atoms with van der Waals surface area (Å²) in [6.45, 7) is 5.45. The van der Waals surface area contributed by atoms with E-state index in [9.17, 15) is 0 Å². The Balaban J connectivity index is 2.26. The SMILES string of the molecule is COc1ccc(N2CCC(N)C(C)C2C)cc1OC. The van der Waals surface area contributed by atoms with Crippen LogP contribution in [-0.2, 0) is 0 Å². The van der Waals surface area contributed by atoms with Crippen LogP contribution in [0.2, 0.25) is 0 Å². The van der Waals surface area contributed by atoms with Gasteiger partial charge in [0, 0.05) is 30.4 Å². The van der Waals surface area contributed by atoms with Crippen molar-refractivity contribution in [3.05, 3.63) is 18.2 Å². The van der Waals surface area contributed by atoms with Crippen molar-refractivity contribution < 1.29 is 9.47 Å². The Kier molecular flexibility index (Phi) is 4.20. The van der Waals surface area contributed by atoms with E-state index in [1.807, 2.05) is 12.1 Å². The van der Waals surface area contributed by atoms with Gasteiger partial charge in [-0.3, -0.25) is 0 Å². The maximum atomic E-state index is 6.14. The van der Waals surface area contributed by atoms with Gasteiger partial charge >= 0.3 is 0 Å². The first-order valence-corrected chi connectivity index (χ1v) is 6.82. The third-order valence-corrected chi connectivity index (χ3v) is 4.33. The van der Waals surface area contributed by atoms with Gasteiger partial charge in [-0.2, -0.15) is 0 Å². The summed E-state index contributed by atoms with van der Waals surface area (Å²) >= 11 is 0. The minimum atomic E-state index is 0.298. The quantitative estimate of drug-likeness (QED) is 0.909. The second-order valence-corrected chi connectivity index (χ2v) is 5.28. The number of hydrogen-bond donors (Lipinski definition) is 1. The fourth-order valence-electron chi connectivity index (χ4n) is 2.76. The number of piperidine rings is 1. The van der Waals surface area contributed by atoms with E-state index < -0.39 is 0 Å². The Bertz CT molecular complexity index is 436. The van der Waals surface area contributed by atoms with Gasteiger partial charge in [-0.15, -0.1) is 0 Å². The van der Waals surface area contributed by atoms with Crippen LogP contribution in [0.3, 0.4) is 0 Å². The first-order valence-electron chi connectivity index (χ1n) is 6.82. The van der Waals surface area contributed by atoms with E-state index in [1.54, 1.807) is 14.2 Å². The van der Waals surface area contributed by atoms with Gasteiger partial charge in [0.15, 0.2) is 11.5 Å². The molecular formula is C15H24N2O2. The lowest BCUT2D eigenvalue weighted by atomic mass is 9.87. The number of nitrogens with zero attached hydrogens (tertiary/aromatic N) is 1. The highest BCUT2D eigenvalue weighted by Crippen LogP contribution is 2.34. The molecule has 3 unspecified atom stereocenters. The summed E-state index contributed by atoms with van der Waals surface area (Å²) in [7, 11) is 3.32. The standard InChI is InChI=1S/C15H24N2O2/c1-10-11(2)17(8-7-13(10)16)12-5-6-14(18-3)15(9-12)19-4/h5-6,9-11,13H,7-8,16H2,1-4H3. The molecule has 2 N–H and O–H groups in total. The molecule has 1 aromatic rings. The number of ether oxygens (including phenoxy) is 2. The molecule has 0 aromatic heterocycles. The van der Waals surface area contributed by atoms with E-state index in [0.717, 1.165) is 24.5 Å². The molecule has 1 saturated heterocycles. The number of anilines is 1. The Morgan fingerprint density at radius 3 is 2.47 bits per heavy atom. The average molecular weight is 264 g/mol. The summed E-state index contributed by atoms with van der Waals surface area (Å²) in [6, 6.07) is 6.81. The number of hydrogen-bond acceptors (Lipinski definition) is 4. The molecule has 0 radical (unpaired) electrons. The molecule has 0 bridgehead atoms. The van der Waals surface area contributed by atoms with Crippen molar-refractivity contribution >= 4 is 5.69 Å². The van der Waals surface area contributed by atoms with E-state index in [-0.39, 0.29) is 0 Å². The van der Waals surface area contributed by atoms with Crippen LogP contribution in [0, 0.1) is 5.92 Å². The topological polar surface area (TPSA) is 47.7 Å². The second kappa shape index (κ2) is 5.70. The molecule has 106 valence electrons. The highest BCUT2D eigenvalue weighted by atomic mass is 16.5. The predicted octanol–water partition coefficient (Wildman–Crippen LogP) is 2.27. The zero-order valence-electron chi connectivity index (χ0n) is 12.2. The maximum Gasteiger partial charge on any atom is 0.162 e. The van der Waals surface area contributed by atoms with Gasteiger partial charge in [0.25, 0.3) is 0 Å². The largest absolute Gasteiger partial charge is 0.493 e. The van der Waals surface area contributed by atoms with Crippen molar-refractivity contribution in [1.29, 1.82) is 0 Å². The van der Waals surface area contributed by atoms with Crippen molar-refractivity contribution in [1.82, 2.24) is 0 Å². The fraction of sp³-hybridized carbons (Fsp3) is 0.600. The Morgan fingerprint density at radius 2 is 1.84 bits per heavy atom. The third-order valence-electron chi connectivity index (χ3n) is 4.33. The molecule has 1 aliphatic heterocycles. The maximum absolute atomic E-state index is 6.14. The lowest BCUT2D eigenvalue weighted by Crippen LogP contribution is -2.51. The molecule has 2 rings (SSSR count). The zero-order chi connectivity index (χ0) is 14.0. The molecule has 0 saturated carbocycles. The molecule has 19 heavy (non-hydrogen) atoms. The molecule has 0 spiro atoms. The van der Waals surface area contributed by atoms with Crippen LogP contribution < -0.4 is 20.1 Å². The molecule has 4 heteroatoms. The van der Waals surface area contributed by atoms with Crippen LogP contribution in [0.1, 0.15) is 20.3 Å². The number of methoxy groups -OCH3 is 2. The average Bonchev–Trinajstić information content (AvgIpc) is 2.44. The third kappa shape index (κ3) is 2.63. The first-order chi connectivity index (χ1) is 9.08. The van der Waals surface area contributed by atoms with Crippen LogP contribution in [0.5, 0.6) is 11.5 Å². The van der Waals surface area contributed by atoms with Gasteiger partial charge in [-0.25, -0.2) is 0 Å². The van der Waals surface area contributed by atoms with E-state index in [0.29, 0.717) is 18.0 Å². The summed E-state index contributed by atoms with van der Waals surface area (Å²) < 4.78 is 10.7. The van der Waals surface area contributed by atoms with Crippen molar-refractivity contribution in [2.75, 3.05) is 25.7 Å². The van der Waals surface area contributed by atoms with Gasteiger partial charge in [0.05, 0.1) is 14.2 Å². The van der Waals surface area contributed by atoms with Crippen molar-refractivity contribution in [3.63, 3.8) is 0 Å². The summed E-state index contributed by atoms with van der Waals surface area (Å²) in [5, 5.41) is 0. The van der Waals surface area contributed by atoms with Crippen LogP contribution in [-0.4, -0.2) is 32.8 Å². The number of nitrogens with two attached hydrogens (primary N) is 1. The van der Waals surface area contributed by atoms with E-state index in [1.165, 1.54) is 5.69 Å². The summed E-state index contributed by atoms with van der Waals surface area (Å²) in [5.74, 6) is 2.03. The summed E-state index contributed by atoms with van der Waals surface area (Å²) in [5.41, 5.74) is 7.31. The molecule has 1 aromatic carbocycles. The smallest absolute Gasteiger partial charge is 0.162 e. The van der Waals surface area contributed by atoms with E-state index in [4.69, 9.17) is 15.2 Å². The molecule has 1 aliphatic rings.